The second-order valence-corrected chi connectivity index (χ2v) is 6.07. The SMILES string of the molecule is COCc1ccccc1C(=O)N1CCC(N2CCNCC2)C1.Cl. The van der Waals surface area contributed by atoms with E-state index in [1.54, 1.807) is 7.11 Å². The van der Waals surface area contributed by atoms with E-state index in [4.69, 9.17) is 4.74 Å². The molecule has 0 saturated carbocycles. The minimum Gasteiger partial charge on any atom is -0.380 e. The lowest BCUT2D eigenvalue weighted by atomic mass is 10.1. The second-order valence-electron chi connectivity index (χ2n) is 6.07. The number of hydrogen-bond donors (Lipinski definition) is 1. The number of likely N-dealkylation sites (tertiary alicyclic amines) is 1. The van der Waals surface area contributed by atoms with Crippen molar-refractivity contribution >= 4 is 18.3 Å². The summed E-state index contributed by atoms with van der Waals surface area (Å²) in [5.74, 6) is 0.144. The van der Waals surface area contributed by atoms with Crippen molar-refractivity contribution < 1.29 is 9.53 Å². The number of carbonyl (C=O) groups is 1. The summed E-state index contributed by atoms with van der Waals surface area (Å²) in [6, 6.07) is 8.28. The number of methoxy groups -OCH3 is 1. The molecule has 1 N–H and O–H groups in total. The highest BCUT2D eigenvalue weighted by Crippen LogP contribution is 2.20. The number of rotatable bonds is 4. The first-order valence-corrected chi connectivity index (χ1v) is 8.10. The monoisotopic (exact) mass is 339 g/mol. The predicted molar refractivity (Wildman–Crippen MR) is 93.2 cm³/mol. The zero-order valence-electron chi connectivity index (χ0n) is 13.7. The fourth-order valence-electron chi connectivity index (χ4n) is 3.45. The van der Waals surface area contributed by atoms with Crippen molar-refractivity contribution in [1.29, 1.82) is 0 Å². The van der Waals surface area contributed by atoms with Crippen molar-refractivity contribution in [1.82, 2.24) is 15.1 Å². The van der Waals surface area contributed by atoms with E-state index < -0.39 is 0 Å². The number of piperazine rings is 1. The summed E-state index contributed by atoms with van der Waals surface area (Å²) in [4.78, 5) is 17.3. The zero-order valence-corrected chi connectivity index (χ0v) is 14.5. The van der Waals surface area contributed by atoms with Gasteiger partial charge in [-0.15, -0.1) is 12.4 Å². The molecule has 2 aliphatic heterocycles. The van der Waals surface area contributed by atoms with Crippen molar-refractivity contribution in [3.05, 3.63) is 35.4 Å². The molecule has 3 rings (SSSR count). The highest BCUT2D eigenvalue weighted by molar-refractivity contribution is 5.95. The number of ether oxygens (including phenoxy) is 1. The summed E-state index contributed by atoms with van der Waals surface area (Å²) < 4.78 is 5.21. The number of halogens is 1. The van der Waals surface area contributed by atoms with Gasteiger partial charge in [0.25, 0.3) is 5.91 Å². The van der Waals surface area contributed by atoms with E-state index in [0.717, 1.165) is 56.8 Å². The van der Waals surface area contributed by atoms with Gasteiger partial charge in [0.05, 0.1) is 6.61 Å². The first-order chi connectivity index (χ1) is 10.8. The molecule has 5 nitrogen and oxygen atoms in total. The van der Waals surface area contributed by atoms with Crippen LogP contribution in [-0.2, 0) is 11.3 Å². The third-order valence-electron chi connectivity index (χ3n) is 4.67. The highest BCUT2D eigenvalue weighted by Gasteiger charge is 2.31. The number of hydrogen-bond acceptors (Lipinski definition) is 4. The Morgan fingerprint density at radius 2 is 2.00 bits per heavy atom. The van der Waals surface area contributed by atoms with Crippen LogP contribution in [0.2, 0.25) is 0 Å². The van der Waals surface area contributed by atoms with Gasteiger partial charge in [-0.1, -0.05) is 18.2 Å². The third-order valence-corrected chi connectivity index (χ3v) is 4.67. The summed E-state index contributed by atoms with van der Waals surface area (Å²) in [7, 11) is 1.66. The van der Waals surface area contributed by atoms with Gasteiger partial charge in [-0.05, 0) is 18.1 Å². The average Bonchev–Trinajstić information content (AvgIpc) is 3.06. The minimum absolute atomic E-state index is 0. The number of amides is 1. The molecule has 0 radical (unpaired) electrons. The first-order valence-electron chi connectivity index (χ1n) is 8.10. The van der Waals surface area contributed by atoms with Crippen molar-refractivity contribution in [3.63, 3.8) is 0 Å². The molecule has 0 bridgehead atoms. The van der Waals surface area contributed by atoms with Gasteiger partial charge in [-0.3, -0.25) is 9.69 Å². The molecule has 2 saturated heterocycles. The fraction of sp³-hybridized carbons (Fsp3) is 0.588. The van der Waals surface area contributed by atoms with Crippen LogP contribution in [0.3, 0.4) is 0 Å². The van der Waals surface area contributed by atoms with E-state index in [1.807, 2.05) is 29.2 Å². The Bertz CT molecular complexity index is 520. The minimum atomic E-state index is 0. The predicted octanol–water partition coefficient (Wildman–Crippen LogP) is 1.37. The molecule has 2 fully saturated rings. The smallest absolute Gasteiger partial charge is 0.254 e. The van der Waals surface area contributed by atoms with Crippen LogP contribution in [0.4, 0.5) is 0 Å². The number of nitrogens with one attached hydrogen (secondary N) is 1. The van der Waals surface area contributed by atoms with E-state index >= 15 is 0 Å². The van der Waals surface area contributed by atoms with Crippen LogP contribution < -0.4 is 5.32 Å². The lowest BCUT2D eigenvalue weighted by molar-refractivity contribution is 0.0768. The Hall–Kier alpha value is -1.14. The summed E-state index contributed by atoms with van der Waals surface area (Å²) in [6.45, 7) is 6.48. The fourth-order valence-corrected chi connectivity index (χ4v) is 3.45. The Morgan fingerprint density at radius 3 is 2.74 bits per heavy atom. The highest BCUT2D eigenvalue weighted by atomic mass is 35.5. The van der Waals surface area contributed by atoms with Crippen LogP contribution in [0, 0.1) is 0 Å². The van der Waals surface area contributed by atoms with Gasteiger partial charge in [0, 0.05) is 58.0 Å². The molecule has 2 aliphatic rings. The van der Waals surface area contributed by atoms with E-state index in [9.17, 15) is 4.79 Å². The largest absolute Gasteiger partial charge is 0.380 e. The van der Waals surface area contributed by atoms with Gasteiger partial charge in [-0.25, -0.2) is 0 Å². The van der Waals surface area contributed by atoms with Crippen molar-refractivity contribution in [2.45, 2.75) is 19.1 Å². The molecule has 0 aromatic heterocycles. The van der Waals surface area contributed by atoms with Crippen molar-refractivity contribution in [2.75, 3.05) is 46.4 Å². The number of nitrogens with zero attached hydrogens (tertiary/aromatic N) is 2. The molecule has 0 aliphatic carbocycles. The normalized spacial score (nSPS) is 22.0. The molecule has 23 heavy (non-hydrogen) atoms. The molecule has 128 valence electrons. The number of carbonyl (C=O) groups excluding carboxylic acids is 1. The summed E-state index contributed by atoms with van der Waals surface area (Å²) in [5.41, 5.74) is 1.76. The van der Waals surface area contributed by atoms with Gasteiger partial charge in [0.15, 0.2) is 0 Å². The quantitative estimate of drug-likeness (QED) is 0.900. The molecular weight excluding hydrogens is 314 g/mol. The molecule has 1 atom stereocenters. The summed E-state index contributed by atoms with van der Waals surface area (Å²) in [5, 5.41) is 3.38. The molecule has 1 unspecified atom stereocenters. The Balaban J connectivity index is 0.00000192. The Morgan fingerprint density at radius 1 is 1.26 bits per heavy atom. The lowest BCUT2D eigenvalue weighted by Crippen LogP contribution is -2.49. The maximum absolute atomic E-state index is 12.8. The van der Waals surface area contributed by atoms with Crippen molar-refractivity contribution in [2.24, 2.45) is 0 Å². The average molecular weight is 340 g/mol. The van der Waals surface area contributed by atoms with Crippen molar-refractivity contribution in [3.8, 4) is 0 Å². The van der Waals surface area contributed by atoms with Crippen LogP contribution in [0.25, 0.3) is 0 Å². The maximum atomic E-state index is 12.8. The van der Waals surface area contributed by atoms with Gasteiger partial charge >= 0.3 is 0 Å². The Kier molecular flexibility index (Phi) is 6.84. The standard InChI is InChI=1S/C17H25N3O2.ClH/c1-22-13-14-4-2-3-5-16(14)17(21)20-9-6-15(12-20)19-10-7-18-8-11-19;/h2-5,15,18H,6-13H2,1H3;1H. The third kappa shape index (κ3) is 4.23. The maximum Gasteiger partial charge on any atom is 0.254 e. The topological polar surface area (TPSA) is 44.8 Å². The van der Waals surface area contributed by atoms with Crippen LogP contribution >= 0.6 is 12.4 Å². The van der Waals surface area contributed by atoms with Gasteiger partial charge in [0.2, 0.25) is 0 Å². The van der Waals surface area contributed by atoms with Crippen LogP contribution in [0.5, 0.6) is 0 Å². The van der Waals surface area contributed by atoms with Gasteiger partial charge in [-0.2, -0.15) is 0 Å². The molecule has 1 aromatic carbocycles. The number of benzene rings is 1. The van der Waals surface area contributed by atoms with Crippen LogP contribution in [-0.4, -0.2) is 68.1 Å². The molecule has 6 heteroatoms. The van der Waals surface area contributed by atoms with E-state index in [1.165, 1.54) is 0 Å². The molecule has 2 heterocycles. The second kappa shape index (κ2) is 8.64. The van der Waals surface area contributed by atoms with Gasteiger partial charge < -0.3 is 15.0 Å². The summed E-state index contributed by atoms with van der Waals surface area (Å²) >= 11 is 0. The molecule has 1 aromatic rings. The lowest BCUT2D eigenvalue weighted by Gasteiger charge is -2.32. The van der Waals surface area contributed by atoms with Gasteiger partial charge in [0.1, 0.15) is 0 Å². The van der Waals surface area contributed by atoms with E-state index in [2.05, 4.69) is 10.2 Å². The molecule has 0 spiro atoms. The van der Waals surface area contributed by atoms with E-state index in [0.29, 0.717) is 12.6 Å². The van der Waals surface area contributed by atoms with Crippen LogP contribution in [0.1, 0.15) is 22.3 Å². The van der Waals surface area contributed by atoms with E-state index in [-0.39, 0.29) is 18.3 Å². The summed E-state index contributed by atoms with van der Waals surface area (Å²) in [6.07, 6.45) is 1.08. The first kappa shape index (κ1) is 18.2. The molecule has 1 amide bonds. The Labute approximate surface area is 144 Å². The molecular formula is C17H26ClN3O2. The zero-order chi connectivity index (χ0) is 15.4. The van der Waals surface area contributed by atoms with Crippen LogP contribution in [0.15, 0.2) is 24.3 Å².